The van der Waals surface area contributed by atoms with Gasteiger partial charge in [0.1, 0.15) is 22.1 Å². The van der Waals surface area contributed by atoms with E-state index in [-0.39, 0.29) is 13.2 Å². The molecule has 2 aliphatic rings. The van der Waals surface area contributed by atoms with Crippen LogP contribution in [0.25, 0.3) is 10.1 Å². The maximum Gasteiger partial charge on any atom is 0.254 e. The normalized spacial score (nSPS) is 28.1. The lowest BCUT2D eigenvalue weighted by atomic mass is 10.1. The van der Waals surface area contributed by atoms with Crippen molar-refractivity contribution in [3.8, 4) is 11.8 Å². The first-order valence-electron chi connectivity index (χ1n) is 8.48. The first-order valence-corrected chi connectivity index (χ1v) is 10.6. The number of alkyl halides is 2. The molecule has 2 fully saturated rings. The lowest BCUT2D eigenvalue weighted by Gasteiger charge is -2.20. The smallest absolute Gasteiger partial charge is 0.254 e. The van der Waals surface area contributed by atoms with Crippen molar-refractivity contribution in [3.63, 3.8) is 0 Å². The predicted octanol–water partition coefficient (Wildman–Crippen LogP) is 2.49. The van der Waals surface area contributed by atoms with E-state index in [2.05, 4.69) is 17.2 Å². The zero-order valence-corrected chi connectivity index (χ0v) is 17.6. The number of aromatic nitrogens is 1. The molecule has 1 saturated heterocycles. The second-order valence-electron chi connectivity index (χ2n) is 6.88. The number of ether oxygens (including phenoxy) is 1. The number of aliphatic hydroxyl groups excluding tert-OH is 1. The van der Waals surface area contributed by atoms with Crippen LogP contribution in [0.3, 0.4) is 0 Å². The van der Waals surface area contributed by atoms with E-state index in [1.807, 2.05) is 11.4 Å². The van der Waals surface area contributed by atoms with E-state index in [1.165, 1.54) is 11.3 Å². The van der Waals surface area contributed by atoms with Crippen LogP contribution < -0.4 is 5.32 Å². The fourth-order valence-electron chi connectivity index (χ4n) is 3.56. The number of rotatable bonds is 4. The van der Waals surface area contributed by atoms with Gasteiger partial charge in [-0.1, -0.05) is 47.3 Å². The van der Waals surface area contributed by atoms with E-state index in [4.69, 9.17) is 40.2 Å². The summed E-state index contributed by atoms with van der Waals surface area (Å²) in [4.78, 5) is 10.3. The molecule has 3 N–H and O–H groups in total. The SMILES string of the molecule is O=C(NCC#Cc1cn([C@H]2CC3(O)CC3(CO)O2)c(=S)c2sccc12)C(Cl)Cl. The quantitative estimate of drug-likeness (QED) is 0.372. The van der Waals surface area contributed by atoms with Crippen molar-refractivity contribution < 1.29 is 19.7 Å². The molecule has 6 nitrogen and oxygen atoms in total. The molecular formula is C18H16Cl2N2O4S2. The number of nitrogens with one attached hydrogen (secondary N) is 1. The Kier molecular flexibility index (Phi) is 5.21. The predicted molar refractivity (Wildman–Crippen MR) is 110 cm³/mol. The van der Waals surface area contributed by atoms with Gasteiger partial charge in [-0.3, -0.25) is 4.79 Å². The van der Waals surface area contributed by atoms with Gasteiger partial charge in [0.25, 0.3) is 5.91 Å². The fraction of sp³-hybridized carbons (Fsp3) is 0.444. The Bertz CT molecular complexity index is 1070. The van der Waals surface area contributed by atoms with Gasteiger partial charge in [0.15, 0.2) is 4.84 Å². The Morgan fingerprint density at radius 3 is 3.04 bits per heavy atom. The molecule has 1 saturated carbocycles. The molecular weight excluding hydrogens is 443 g/mol. The zero-order chi connectivity index (χ0) is 20.1. The summed E-state index contributed by atoms with van der Waals surface area (Å²) in [6.45, 7) is -0.133. The Balaban J connectivity index is 1.64. The lowest BCUT2D eigenvalue weighted by Crippen LogP contribution is -2.28. The third-order valence-corrected chi connectivity index (χ3v) is 7.03. The molecule has 0 spiro atoms. The van der Waals surface area contributed by atoms with Crippen molar-refractivity contribution in [1.29, 1.82) is 0 Å². The molecule has 3 atom stereocenters. The molecule has 2 unspecified atom stereocenters. The fourth-order valence-corrected chi connectivity index (χ4v) is 4.99. The molecule has 3 heterocycles. The van der Waals surface area contributed by atoms with Crippen molar-refractivity contribution in [3.05, 3.63) is 27.8 Å². The van der Waals surface area contributed by atoms with Gasteiger partial charge in [-0.15, -0.1) is 11.3 Å². The van der Waals surface area contributed by atoms with E-state index in [9.17, 15) is 15.0 Å². The van der Waals surface area contributed by atoms with Crippen molar-refractivity contribution >= 4 is 62.7 Å². The van der Waals surface area contributed by atoms with Gasteiger partial charge in [0.05, 0.1) is 17.9 Å². The number of carbonyl (C=O) groups excluding carboxylic acids is 1. The van der Waals surface area contributed by atoms with Crippen LogP contribution in [0.4, 0.5) is 0 Å². The topological polar surface area (TPSA) is 83.7 Å². The number of carbonyl (C=O) groups is 1. The number of pyridine rings is 1. The Labute approximate surface area is 180 Å². The first-order chi connectivity index (χ1) is 13.3. The summed E-state index contributed by atoms with van der Waals surface area (Å²) in [6, 6.07) is 1.94. The van der Waals surface area contributed by atoms with Gasteiger partial charge in [-0.05, 0) is 11.4 Å². The second kappa shape index (κ2) is 7.26. The van der Waals surface area contributed by atoms with Crippen molar-refractivity contribution in [2.45, 2.75) is 35.1 Å². The molecule has 1 amide bonds. The van der Waals surface area contributed by atoms with Crippen LogP contribution in [0.1, 0.15) is 24.6 Å². The van der Waals surface area contributed by atoms with Crippen LogP contribution in [-0.4, -0.2) is 49.9 Å². The zero-order valence-electron chi connectivity index (χ0n) is 14.4. The van der Waals surface area contributed by atoms with Crippen LogP contribution in [-0.2, 0) is 9.53 Å². The number of amides is 1. The molecule has 2 aromatic heterocycles. The van der Waals surface area contributed by atoms with Crippen LogP contribution in [0.2, 0.25) is 0 Å². The van der Waals surface area contributed by atoms with E-state index < -0.39 is 28.2 Å². The minimum absolute atomic E-state index is 0.101. The maximum atomic E-state index is 11.4. The summed E-state index contributed by atoms with van der Waals surface area (Å²) in [5.41, 5.74) is -1.19. The molecule has 28 heavy (non-hydrogen) atoms. The minimum Gasteiger partial charge on any atom is -0.393 e. The third kappa shape index (κ3) is 3.25. The van der Waals surface area contributed by atoms with Gasteiger partial charge >= 0.3 is 0 Å². The molecule has 0 radical (unpaired) electrons. The van der Waals surface area contributed by atoms with Crippen molar-refractivity contribution in [1.82, 2.24) is 9.88 Å². The number of nitrogens with zero attached hydrogens (tertiary/aromatic N) is 1. The molecule has 4 rings (SSSR count). The van der Waals surface area contributed by atoms with Gasteiger partial charge in [0, 0.05) is 30.0 Å². The number of hydrogen-bond acceptors (Lipinski definition) is 6. The van der Waals surface area contributed by atoms with Gasteiger partial charge in [-0.2, -0.15) is 0 Å². The van der Waals surface area contributed by atoms with E-state index >= 15 is 0 Å². The summed E-state index contributed by atoms with van der Waals surface area (Å²) in [6.07, 6.45) is 2.10. The molecule has 1 aliphatic heterocycles. The highest BCUT2D eigenvalue weighted by Gasteiger charge is 2.74. The van der Waals surface area contributed by atoms with Gasteiger partial charge in [0.2, 0.25) is 0 Å². The van der Waals surface area contributed by atoms with Crippen LogP contribution in [0, 0.1) is 16.5 Å². The molecule has 2 aromatic rings. The van der Waals surface area contributed by atoms with Crippen molar-refractivity contribution in [2.24, 2.45) is 0 Å². The van der Waals surface area contributed by atoms with Crippen LogP contribution in [0.15, 0.2) is 17.6 Å². The van der Waals surface area contributed by atoms with Gasteiger partial charge < -0.3 is 24.8 Å². The standard InChI is InChI=1S/C18H16Cl2N2O4S2/c19-14(20)15(24)21-4-1-2-10-7-22(16(27)13-11(10)3-5-28-13)12-6-17(25)8-18(17,9-23)26-12/h3,5,7,12,14,23,25H,4,6,8-9H2,(H,21,24)/t12-,17?,18?/m1/s1. The molecule has 1 aliphatic carbocycles. The number of halogens is 2. The number of fused-ring (bicyclic) bond motifs is 2. The van der Waals surface area contributed by atoms with E-state index in [0.29, 0.717) is 17.5 Å². The third-order valence-electron chi connectivity index (χ3n) is 5.17. The highest BCUT2D eigenvalue weighted by atomic mass is 35.5. The van der Waals surface area contributed by atoms with E-state index in [0.717, 1.165) is 15.6 Å². The first kappa shape index (κ1) is 20.1. The molecule has 0 aromatic carbocycles. The summed E-state index contributed by atoms with van der Waals surface area (Å²) in [7, 11) is 0. The number of hydrogen-bond donors (Lipinski definition) is 3. The Hall–Kier alpha value is -1.18. The highest BCUT2D eigenvalue weighted by molar-refractivity contribution is 7.71. The lowest BCUT2D eigenvalue weighted by molar-refractivity contribution is -0.119. The minimum atomic E-state index is -1.14. The molecule has 148 valence electrons. The second-order valence-corrected chi connectivity index (χ2v) is 9.28. The number of aliphatic hydroxyl groups is 2. The van der Waals surface area contributed by atoms with Crippen LogP contribution in [0.5, 0.6) is 0 Å². The van der Waals surface area contributed by atoms with Gasteiger partial charge in [-0.25, -0.2) is 0 Å². The summed E-state index contributed by atoms with van der Waals surface area (Å²) < 4.78 is 9.24. The maximum absolute atomic E-state index is 11.4. The van der Waals surface area contributed by atoms with Crippen LogP contribution >= 0.6 is 46.8 Å². The van der Waals surface area contributed by atoms with Crippen molar-refractivity contribution in [2.75, 3.05) is 13.2 Å². The highest BCUT2D eigenvalue weighted by Crippen LogP contribution is 2.62. The monoisotopic (exact) mass is 458 g/mol. The summed E-state index contributed by atoms with van der Waals surface area (Å²) in [5.74, 6) is 5.41. The Morgan fingerprint density at radius 2 is 2.36 bits per heavy atom. The average Bonchev–Trinajstić information content (AvgIpc) is 3.00. The summed E-state index contributed by atoms with van der Waals surface area (Å²) in [5, 5.41) is 25.5. The Morgan fingerprint density at radius 1 is 1.57 bits per heavy atom. The molecule has 0 bridgehead atoms. The van der Waals surface area contributed by atoms with E-state index in [1.54, 1.807) is 10.8 Å². The largest absolute Gasteiger partial charge is 0.393 e. The molecule has 10 heteroatoms. The number of thiophene rings is 1. The summed E-state index contributed by atoms with van der Waals surface area (Å²) >= 11 is 18.1. The average molecular weight is 459 g/mol.